The molecule has 102 valence electrons. The molecule has 3 rings (SSSR count). The largest absolute Gasteiger partial charge is 0.311 e. The monoisotopic (exact) mass is 265 g/mol. The van der Waals surface area contributed by atoms with Crippen molar-refractivity contribution in [1.82, 2.24) is 5.01 Å². The first-order valence-electron chi connectivity index (χ1n) is 6.97. The first-order valence-corrected chi connectivity index (χ1v) is 6.97. The molecule has 2 aromatic carbocycles. The molecule has 0 aromatic heterocycles. The van der Waals surface area contributed by atoms with Crippen molar-refractivity contribution in [1.29, 1.82) is 0 Å². The lowest BCUT2D eigenvalue weighted by Crippen LogP contribution is -2.27. The lowest BCUT2D eigenvalue weighted by molar-refractivity contribution is 0.323. The van der Waals surface area contributed by atoms with Crippen molar-refractivity contribution in [3.63, 3.8) is 0 Å². The fourth-order valence-electron chi connectivity index (χ4n) is 2.29. The maximum absolute atomic E-state index is 4.46. The van der Waals surface area contributed by atoms with E-state index >= 15 is 0 Å². The van der Waals surface area contributed by atoms with Crippen LogP contribution in [0.5, 0.6) is 0 Å². The number of hydrogen-bond acceptors (Lipinski definition) is 3. The number of nitrogens with zero attached hydrogens (tertiary/aromatic N) is 3. The van der Waals surface area contributed by atoms with Crippen LogP contribution in [0.25, 0.3) is 0 Å². The number of para-hydroxylation sites is 1. The van der Waals surface area contributed by atoms with Gasteiger partial charge in [0.05, 0.1) is 0 Å². The van der Waals surface area contributed by atoms with Crippen molar-refractivity contribution >= 4 is 12.0 Å². The fourth-order valence-corrected chi connectivity index (χ4v) is 2.29. The highest BCUT2D eigenvalue weighted by molar-refractivity contribution is 5.80. The summed E-state index contributed by atoms with van der Waals surface area (Å²) in [5.74, 6) is 0. The summed E-state index contributed by atoms with van der Waals surface area (Å²) >= 11 is 0. The van der Waals surface area contributed by atoms with Gasteiger partial charge in [-0.15, -0.1) is 0 Å². The SMILES string of the molecule is Cc1ccc(CCN2CN(c3ccccc3)C=N2)cc1. The van der Waals surface area contributed by atoms with E-state index in [1.165, 1.54) is 16.8 Å². The summed E-state index contributed by atoms with van der Waals surface area (Å²) in [6, 6.07) is 19.1. The Hall–Kier alpha value is -2.29. The molecule has 0 radical (unpaired) electrons. The minimum absolute atomic E-state index is 0.829. The van der Waals surface area contributed by atoms with E-state index in [1.54, 1.807) is 0 Å². The van der Waals surface area contributed by atoms with Crippen LogP contribution >= 0.6 is 0 Å². The van der Waals surface area contributed by atoms with Crippen LogP contribution in [0, 0.1) is 6.92 Å². The molecule has 1 heterocycles. The summed E-state index contributed by atoms with van der Waals surface area (Å²) in [5.41, 5.74) is 3.86. The lowest BCUT2D eigenvalue weighted by atomic mass is 10.1. The van der Waals surface area contributed by atoms with Crippen molar-refractivity contribution in [3.8, 4) is 0 Å². The molecular formula is C17H19N3. The zero-order chi connectivity index (χ0) is 13.8. The molecule has 0 atom stereocenters. The van der Waals surface area contributed by atoms with Gasteiger partial charge in [-0.25, -0.2) is 0 Å². The molecule has 0 aliphatic carbocycles. The first-order chi connectivity index (χ1) is 9.81. The van der Waals surface area contributed by atoms with Gasteiger partial charge in [-0.1, -0.05) is 48.0 Å². The van der Waals surface area contributed by atoms with Crippen LogP contribution in [0.15, 0.2) is 59.7 Å². The summed E-state index contributed by atoms with van der Waals surface area (Å²) in [6.45, 7) is 3.89. The Bertz CT molecular complexity index is 575. The van der Waals surface area contributed by atoms with E-state index in [1.807, 2.05) is 12.4 Å². The van der Waals surface area contributed by atoms with E-state index in [0.29, 0.717) is 0 Å². The van der Waals surface area contributed by atoms with Gasteiger partial charge in [-0.05, 0) is 31.0 Å². The Morgan fingerprint density at radius 3 is 2.50 bits per heavy atom. The van der Waals surface area contributed by atoms with Crippen LogP contribution in [0.3, 0.4) is 0 Å². The molecule has 0 unspecified atom stereocenters. The van der Waals surface area contributed by atoms with Gasteiger partial charge in [0.2, 0.25) is 0 Å². The van der Waals surface area contributed by atoms with Crippen LogP contribution in [0.2, 0.25) is 0 Å². The van der Waals surface area contributed by atoms with Crippen LogP contribution in [0.4, 0.5) is 5.69 Å². The fraction of sp³-hybridized carbons (Fsp3) is 0.235. The van der Waals surface area contributed by atoms with Gasteiger partial charge >= 0.3 is 0 Å². The maximum Gasteiger partial charge on any atom is 0.117 e. The number of benzene rings is 2. The Kier molecular flexibility index (Phi) is 3.68. The van der Waals surface area contributed by atoms with Crippen LogP contribution < -0.4 is 4.90 Å². The molecule has 2 aromatic rings. The zero-order valence-corrected chi connectivity index (χ0v) is 11.7. The van der Waals surface area contributed by atoms with Gasteiger partial charge in [0, 0.05) is 12.2 Å². The van der Waals surface area contributed by atoms with Crippen molar-refractivity contribution in [3.05, 3.63) is 65.7 Å². The second-order valence-electron chi connectivity index (χ2n) is 5.14. The third-order valence-electron chi connectivity index (χ3n) is 3.54. The molecule has 0 saturated carbocycles. The molecule has 0 bridgehead atoms. The van der Waals surface area contributed by atoms with Crippen molar-refractivity contribution in [2.75, 3.05) is 18.1 Å². The van der Waals surface area contributed by atoms with E-state index in [9.17, 15) is 0 Å². The zero-order valence-electron chi connectivity index (χ0n) is 11.7. The normalized spacial score (nSPS) is 14.1. The molecule has 0 N–H and O–H groups in total. The number of anilines is 1. The molecule has 0 fully saturated rings. The van der Waals surface area contributed by atoms with Crippen LogP contribution in [-0.2, 0) is 6.42 Å². The highest BCUT2D eigenvalue weighted by atomic mass is 15.6. The first kappa shape index (κ1) is 12.7. The topological polar surface area (TPSA) is 18.8 Å². The van der Waals surface area contributed by atoms with Crippen molar-refractivity contribution in [2.45, 2.75) is 13.3 Å². The van der Waals surface area contributed by atoms with E-state index < -0.39 is 0 Å². The van der Waals surface area contributed by atoms with E-state index in [-0.39, 0.29) is 0 Å². The number of rotatable bonds is 4. The molecule has 1 aliphatic heterocycles. The number of aryl methyl sites for hydroxylation is 1. The Balaban J connectivity index is 1.54. The van der Waals surface area contributed by atoms with Gasteiger partial charge < -0.3 is 4.90 Å². The molecule has 0 spiro atoms. The summed E-state index contributed by atoms with van der Waals surface area (Å²) < 4.78 is 0. The smallest absolute Gasteiger partial charge is 0.117 e. The minimum Gasteiger partial charge on any atom is -0.311 e. The van der Waals surface area contributed by atoms with Gasteiger partial charge in [-0.2, -0.15) is 5.10 Å². The Morgan fingerprint density at radius 1 is 1.00 bits per heavy atom. The molecule has 3 heteroatoms. The van der Waals surface area contributed by atoms with Crippen LogP contribution in [-0.4, -0.2) is 24.6 Å². The highest BCUT2D eigenvalue weighted by Crippen LogP contribution is 2.16. The van der Waals surface area contributed by atoms with E-state index in [4.69, 9.17) is 0 Å². The minimum atomic E-state index is 0.829. The molecule has 20 heavy (non-hydrogen) atoms. The van der Waals surface area contributed by atoms with Gasteiger partial charge in [0.1, 0.15) is 13.0 Å². The third-order valence-corrected chi connectivity index (χ3v) is 3.54. The predicted molar refractivity (Wildman–Crippen MR) is 83.9 cm³/mol. The number of hydrazone groups is 1. The predicted octanol–water partition coefficient (Wildman–Crippen LogP) is 3.26. The molecule has 0 amide bonds. The van der Waals surface area contributed by atoms with Gasteiger partial charge in [-0.3, -0.25) is 5.01 Å². The second-order valence-corrected chi connectivity index (χ2v) is 5.14. The van der Waals surface area contributed by atoms with Gasteiger partial charge in [0.15, 0.2) is 0 Å². The lowest BCUT2D eigenvalue weighted by Gasteiger charge is -2.19. The van der Waals surface area contributed by atoms with Crippen molar-refractivity contribution < 1.29 is 0 Å². The second kappa shape index (κ2) is 5.78. The third kappa shape index (κ3) is 2.99. The van der Waals surface area contributed by atoms with Crippen molar-refractivity contribution in [2.24, 2.45) is 5.10 Å². The molecule has 0 saturated heterocycles. The number of hydrogen-bond donors (Lipinski definition) is 0. The summed E-state index contributed by atoms with van der Waals surface area (Å²) in [6.07, 6.45) is 2.94. The standard InChI is InChI=1S/C17H19N3/c1-15-7-9-16(10-8-15)11-12-20-14-19(13-18-20)17-5-3-2-4-6-17/h2-10,13H,11-12,14H2,1H3. The molecule has 3 nitrogen and oxygen atoms in total. The molecular weight excluding hydrogens is 246 g/mol. The summed E-state index contributed by atoms with van der Waals surface area (Å²) in [7, 11) is 0. The van der Waals surface area contributed by atoms with E-state index in [2.05, 4.69) is 70.5 Å². The summed E-state index contributed by atoms with van der Waals surface area (Å²) in [4.78, 5) is 2.16. The maximum atomic E-state index is 4.46. The Morgan fingerprint density at radius 2 is 1.75 bits per heavy atom. The average molecular weight is 265 g/mol. The van der Waals surface area contributed by atoms with E-state index in [0.717, 1.165) is 19.6 Å². The molecule has 1 aliphatic rings. The van der Waals surface area contributed by atoms with Gasteiger partial charge in [0.25, 0.3) is 0 Å². The highest BCUT2D eigenvalue weighted by Gasteiger charge is 2.14. The van der Waals surface area contributed by atoms with Crippen LogP contribution in [0.1, 0.15) is 11.1 Å². The summed E-state index contributed by atoms with van der Waals surface area (Å²) in [5, 5.41) is 6.56. The Labute approximate surface area is 120 Å². The quantitative estimate of drug-likeness (QED) is 0.845. The average Bonchev–Trinajstić information content (AvgIpc) is 2.97.